The van der Waals surface area contributed by atoms with Gasteiger partial charge in [-0.05, 0) is 52.2 Å². The molecule has 0 atom stereocenters. The monoisotopic (exact) mass is 337 g/mol. The van der Waals surface area contributed by atoms with E-state index in [1.165, 1.54) is 12.1 Å². The summed E-state index contributed by atoms with van der Waals surface area (Å²) in [6.07, 6.45) is 0.638. The van der Waals surface area contributed by atoms with Crippen LogP contribution in [-0.4, -0.2) is 17.6 Å². The van der Waals surface area contributed by atoms with Gasteiger partial charge in [0.15, 0.2) is 0 Å². The van der Waals surface area contributed by atoms with Crippen LogP contribution >= 0.6 is 15.9 Å². The van der Waals surface area contributed by atoms with Gasteiger partial charge in [0.2, 0.25) is 0 Å². The molecule has 0 aromatic heterocycles. The maximum Gasteiger partial charge on any atom is 0.252 e. The Hall–Kier alpha value is -1.88. The van der Waals surface area contributed by atoms with Crippen LogP contribution in [0.3, 0.4) is 0 Å². The van der Waals surface area contributed by atoms with Crippen molar-refractivity contribution in [2.75, 3.05) is 6.54 Å². The standard InChI is InChI=1S/C15H13BrFNO2/c16-14-12(2-1-3-13(14)17)15(20)18-9-8-10-4-6-11(19)7-5-10/h1-7,19H,8-9H2,(H,18,20). The first-order valence-electron chi connectivity index (χ1n) is 6.08. The van der Waals surface area contributed by atoms with Crippen molar-refractivity contribution < 1.29 is 14.3 Å². The van der Waals surface area contributed by atoms with Crippen LogP contribution in [0, 0.1) is 5.82 Å². The normalized spacial score (nSPS) is 10.3. The van der Waals surface area contributed by atoms with Crippen LogP contribution in [0.2, 0.25) is 0 Å². The Balaban J connectivity index is 1.92. The second-order valence-electron chi connectivity index (χ2n) is 4.27. The van der Waals surface area contributed by atoms with Gasteiger partial charge in [0.05, 0.1) is 10.0 Å². The number of halogens is 2. The highest BCUT2D eigenvalue weighted by atomic mass is 79.9. The van der Waals surface area contributed by atoms with Gasteiger partial charge in [-0.25, -0.2) is 4.39 Å². The smallest absolute Gasteiger partial charge is 0.252 e. The number of aromatic hydroxyl groups is 1. The molecule has 0 saturated heterocycles. The quantitative estimate of drug-likeness (QED) is 0.899. The number of hydrogen-bond donors (Lipinski definition) is 2. The summed E-state index contributed by atoms with van der Waals surface area (Å²) >= 11 is 3.06. The average molecular weight is 338 g/mol. The van der Waals surface area contributed by atoms with Gasteiger partial charge in [0.1, 0.15) is 11.6 Å². The largest absolute Gasteiger partial charge is 0.508 e. The minimum atomic E-state index is -0.462. The summed E-state index contributed by atoms with van der Waals surface area (Å²) in [6, 6.07) is 11.1. The SMILES string of the molecule is O=C(NCCc1ccc(O)cc1)c1cccc(F)c1Br. The number of carbonyl (C=O) groups excluding carboxylic acids is 1. The van der Waals surface area contributed by atoms with E-state index in [2.05, 4.69) is 21.2 Å². The number of phenols is 1. The Labute approximate surface area is 124 Å². The van der Waals surface area contributed by atoms with Crippen molar-refractivity contribution >= 4 is 21.8 Å². The Morgan fingerprint density at radius 2 is 1.90 bits per heavy atom. The third-order valence-corrected chi connectivity index (χ3v) is 3.64. The molecule has 0 fully saturated rings. The lowest BCUT2D eigenvalue weighted by Gasteiger charge is -2.07. The highest BCUT2D eigenvalue weighted by molar-refractivity contribution is 9.10. The van der Waals surface area contributed by atoms with Crippen molar-refractivity contribution in [3.05, 3.63) is 63.9 Å². The van der Waals surface area contributed by atoms with Gasteiger partial charge in [-0.15, -0.1) is 0 Å². The number of amides is 1. The third-order valence-electron chi connectivity index (χ3n) is 2.83. The maximum atomic E-state index is 13.3. The van der Waals surface area contributed by atoms with E-state index < -0.39 is 5.82 Å². The molecule has 1 amide bonds. The van der Waals surface area contributed by atoms with Crippen LogP contribution in [-0.2, 0) is 6.42 Å². The van der Waals surface area contributed by atoms with Crippen molar-refractivity contribution in [2.45, 2.75) is 6.42 Å². The zero-order valence-corrected chi connectivity index (χ0v) is 12.2. The van der Waals surface area contributed by atoms with Crippen LogP contribution in [0.5, 0.6) is 5.75 Å². The van der Waals surface area contributed by atoms with Gasteiger partial charge in [-0.3, -0.25) is 4.79 Å². The minimum absolute atomic E-state index is 0.169. The van der Waals surface area contributed by atoms with E-state index in [1.54, 1.807) is 30.3 Å². The minimum Gasteiger partial charge on any atom is -0.508 e. The van der Waals surface area contributed by atoms with E-state index in [0.717, 1.165) is 5.56 Å². The van der Waals surface area contributed by atoms with Crippen LogP contribution in [0.1, 0.15) is 15.9 Å². The van der Waals surface area contributed by atoms with E-state index in [0.29, 0.717) is 13.0 Å². The molecule has 2 N–H and O–H groups in total. The Bertz CT molecular complexity index is 614. The van der Waals surface area contributed by atoms with E-state index >= 15 is 0 Å². The number of nitrogens with one attached hydrogen (secondary N) is 1. The second-order valence-corrected chi connectivity index (χ2v) is 5.07. The fourth-order valence-electron chi connectivity index (χ4n) is 1.76. The molecule has 2 aromatic rings. The van der Waals surface area contributed by atoms with Gasteiger partial charge in [0, 0.05) is 6.54 Å². The van der Waals surface area contributed by atoms with Crippen LogP contribution in [0.4, 0.5) is 4.39 Å². The molecule has 0 aliphatic rings. The zero-order valence-electron chi connectivity index (χ0n) is 10.6. The summed E-state index contributed by atoms with van der Waals surface area (Å²) in [5.74, 6) is -0.576. The molecule has 0 spiro atoms. The molecule has 2 aromatic carbocycles. The molecule has 5 heteroatoms. The van der Waals surface area contributed by atoms with Gasteiger partial charge in [0.25, 0.3) is 5.91 Å². The molecule has 0 aliphatic heterocycles. The molecule has 104 valence electrons. The lowest BCUT2D eigenvalue weighted by molar-refractivity contribution is 0.0953. The first-order chi connectivity index (χ1) is 9.58. The van der Waals surface area contributed by atoms with E-state index in [1.807, 2.05) is 0 Å². The number of rotatable bonds is 4. The number of phenolic OH excluding ortho intramolecular Hbond substituents is 1. The lowest BCUT2D eigenvalue weighted by Crippen LogP contribution is -2.26. The molecule has 0 saturated carbocycles. The van der Waals surface area contributed by atoms with Gasteiger partial charge < -0.3 is 10.4 Å². The predicted molar refractivity (Wildman–Crippen MR) is 78.2 cm³/mol. The number of hydrogen-bond acceptors (Lipinski definition) is 2. The number of carbonyl (C=O) groups is 1. The van der Waals surface area contributed by atoms with Crippen molar-refractivity contribution in [3.63, 3.8) is 0 Å². The highest BCUT2D eigenvalue weighted by Gasteiger charge is 2.12. The van der Waals surface area contributed by atoms with Crippen LogP contribution < -0.4 is 5.32 Å². The predicted octanol–water partition coefficient (Wildman–Crippen LogP) is 3.27. The third kappa shape index (κ3) is 3.57. The van der Waals surface area contributed by atoms with Crippen LogP contribution in [0.15, 0.2) is 46.9 Å². The highest BCUT2D eigenvalue weighted by Crippen LogP contribution is 2.20. The van der Waals surface area contributed by atoms with E-state index in [9.17, 15) is 9.18 Å². The summed E-state index contributed by atoms with van der Waals surface area (Å²) in [5.41, 5.74) is 1.28. The zero-order chi connectivity index (χ0) is 14.5. The first kappa shape index (κ1) is 14.5. The summed E-state index contributed by atoms with van der Waals surface area (Å²) in [4.78, 5) is 11.9. The molecule has 2 rings (SSSR count). The summed E-state index contributed by atoms with van der Waals surface area (Å²) in [7, 11) is 0. The molecule has 0 unspecified atom stereocenters. The molecule has 0 aliphatic carbocycles. The van der Waals surface area contributed by atoms with E-state index in [-0.39, 0.29) is 21.7 Å². The molecule has 0 bridgehead atoms. The topological polar surface area (TPSA) is 49.3 Å². The summed E-state index contributed by atoms with van der Waals surface area (Å²) in [6.45, 7) is 0.437. The number of benzene rings is 2. The molecule has 3 nitrogen and oxygen atoms in total. The Morgan fingerprint density at radius 3 is 2.60 bits per heavy atom. The Morgan fingerprint density at radius 1 is 1.20 bits per heavy atom. The van der Waals surface area contributed by atoms with Gasteiger partial charge in [-0.1, -0.05) is 18.2 Å². The fourth-order valence-corrected chi connectivity index (χ4v) is 2.20. The summed E-state index contributed by atoms with van der Waals surface area (Å²) < 4.78 is 13.5. The summed E-state index contributed by atoms with van der Waals surface area (Å²) in [5, 5.41) is 11.9. The molecule has 20 heavy (non-hydrogen) atoms. The van der Waals surface area contributed by atoms with Crippen LogP contribution in [0.25, 0.3) is 0 Å². The van der Waals surface area contributed by atoms with Gasteiger partial charge >= 0.3 is 0 Å². The molecule has 0 heterocycles. The Kier molecular flexibility index (Phi) is 4.74. The van der Waals surface area contributed by atoms with Crippen molar-refractivity contribution in [3.8, 4) is 5.75 Å². The molecule has 0 radical (unpaired) electrons. The first-order valence-corrected chi connectivity index (χ1v) is 6.87. The maximum absolute atomic E-state index is 13.3. The second kappa shape index (κ2) is 6.52. The fraction of sp³-hybridized carbons (Fsp3) is 0.133. The van der Waals surface area contributed by atoms with Crippen molar-refractivity contribution in [1.29, 1.82) is 0 Å². The molecular formula is C15H13BrFNO2. The van der Waals surface area contributed by atoms with E-state index in [4.69, 9.17) is 5.11 Å². The van der Waals surface area contributed by atoms with Crippen molar-refractivity contribution in [2.24, 2.45) is 0 Å². The van der Waals surface area contributed by atoms with Gasteiger partial charge in [-0.2, -0.15) is 0 Å². The lowest BCUT2D eigenvalue weighted by atomic mass is 10.1. The average Bonchev–Trinajstić information content (AvgIpc) is 2.44. The van der Waals surface area contributed by atoms with Crippen molar-refractivity contribution in [1.82, 2.24) is 5.32 Å². The molecular weight excluding hydrogens is 325 g/mol.